The van der Waals surface area contributed by atoms with Gasteiger partial charge in [0.15, 0.2) is 6.10 Å². The Morgan fingerprint density at radius 2 is 0.704 bits per heavy atom. The average molecular weight is 1140 g/mol. The van der Waals surface area contributed by atoms with Gasteiger partial charge in [0.25, 0.3) is 7.82 Å². The fourth-order valence-corrected chi connectivity index (χ4v) is 8.65. The lowest BCUT2D eigenvalue weighted by molar-refractivity contribution is -0.870. The fraction of sp³-hybridized carbons (Fsp3) is 0.606. The van der Waals surface area contributed by atoms with E-state index in [1.54, 1.807) is 0 Å². The molecule has 81 heavy (non-hydrogen) atoms. The molecular weight excluding hydrogens is 1030 g/mol. The molecule has 0 aromatic rings. The molecule has 0 saturated heterocycles. The van der Waals surface area contributed by atoms with Crippen LogP contribution in [0.15, 0.2) is 158 Å². The van der Waals surface area contributed by atoms with Crippen molar-refractivity contribution in [1.29, 1.82) is 0 Å². The molecule has 10 heteroatoms. The first-order chi connectivity index (χ1) is 39.5. The number of phosphoric acid groups is 1. The number of likely N-dealkylation sites (N-methyl/N-ethyl adjacent to an activating group) is 1. The highest BCUT2D eigenvalue weighted by Gasteiger charge is 2.22. The van der Waals surface area contributed by atoms with Gasteiger partial charge in [0.2, 0.25) is 0 Å². The minimum Gasteiger partial charge on any atom is -0.756 e. The Balaban J connectivity index is 4.20. The van der Waals surface area contributed by atoms with E-state index in [0.717, 1.165) is 135 Å². The molecule has 0 amide bonds. The Hall–Kier alpha value is -4.37. The maximum absolute atomic E-state index is 12.8. The van der Waals surface area contributed by atoms with E-state index in [1.165, 1.54) is 51.4 Å². The van der Waals surface area contributed by atoms with E-state index in [1.807, 2.05) is 21.1 Å². The summed E-state index contributed by atoms with van der Waals surface area (Å²) in [5, 5.41) is 0. The molecule has 0 aliphatic carbocycles. The van der Waals surface area contributed by atoms with Crippen LogP contribution in [0.25, 0.3) is 0 Å². The van der Waals surface area contributed by atoms with Gasteiger partial charge >= 0.3 is 11.9 Å². The van der Waals surface area contributed by atoms with E-state index < -0.39 is 32.5 Å². The molecular formula is C71H116NO8P. The summed E-state index contributed by atoms with van der Waals surface area (Å²) >= 11 is 0. The van der Waals surface area contributed by atoms with Crippen molar-refractivity contribution in [2.24, 2.45) is 0 Å². The number of carbonyl (C=O) groups excluding carboxylic acids is 2. The number of ether oxygens (including phenoxy) is 2. The highest BCUT2D eigenvalue weighted by molar-refractivity contribution is 7.45. The summed E-state index contributed by atoms with van der Waals surface area (Å²) in [5.74, 6) is -0.883. The minimum absolute atomic E-state index is 0.0453. The van der Waals surface area contributed by atoms with Crippen LogP contribution in [0, 0.1) is 0 Å². The molecule has 0 aliphatic rings. The number of nitrogens with zero attached hydrogens (tertiary/aromatic N) is 1. The van der Waals surface area contributed by atoms with Crippen LogP contribution in [0.2, 0.25) is 0 Å². The molecule has 9 nitrogen and oxygen atoms in total. The highest BCUT2D eigenvalue weighted by atomic mass is 31.2. The van der Waals surface area contributed by atoms with E-state index in [2.05, 4.69) is 172 Å². The summed E-state index contributed by atoms with van der Waals surface area (Å²) in [4.78, 5) is 37.9. The smallest absolute Gasteiger partial charge is 0.306 e. The van der Waals surface area contributed by atoms with Gasteiger partial charge in [-0.3, -0.25) is 14.2 Å². The standard InChI is InChI=1S/C71H116NO8P/c1-6-8-10-12-14-16-18-20-22-24-25-26-27-28-29-30-31-32-33-34-35-36-37-38-39-40-41-42-43-44-45-46-47-48-50-52-54-56-58-60-62-64-71(74)80-69(68-79-81(75,76)78-66-65-72(3,4)5)67-77-70(73)63-61-59-57-55-53-51-49-23-21-19-17-15-13-11-9-7-2/h8,10,14,16,20,22-23,25-26,28-29,31-32,34-35,37-38,40-41,43-44,46-47,49-50,52,69H,6-7,9,11-13,15,17-19,21,24,27,30,33,36,39,42,45,48,51,53-68H2,1-5H3/b10-8-,16-14-,22-20-,26-25-,29-28-,32-31-,35-34-,38-37-,41-40-,44-43-,47-46-,49-23-,52-50-. The van der Waals surface area contributed by atoms with Crippen molar-refractivity contribution in [3.8, 4) is 0 Å². The third-order valence-corrected chi connectivity index (χ3v) is 13.7. The van der Waals surface area contributed by atoms with Crippen LogP contribution in [0.5, 0.6) is 0 Å². The van der Waals surface area contributed by atoms with E-state index >= 15 is 0 Å². The summed E-state index contributed by atoms with van der Waals surface area (Å²) in [6.45, 7) is 4.06. The number of hydrogen-bond donors (Lipinski definition) is 0. The van der Waals surface area contributed by atoms with Crippen LogP contribution in [-0.4, -0.2) is 70.0 Å². The van der Waals surface area contributed by atoms with Crippen molar-refractivity contribution < 1.29 is 42.1 Å². The summed E-state index contributed by atoms with van der Waals surface area (Å²) in [6, 6.07) is 0. The van der Waals surface area contributed by atoms with Gasteiger partial charge in [-0.05, 0) is 128 Å². The minimum atomic E-state index is -4.66. The van der Waals surface area contributed by atoms with Gasteiger partial charge in [-0.15, -0.1) is 0 Å². The van der Waals surface area contributed by atoms with Gasteiger partial charge < -0.3 is 27.9 Å². The van der Waals surface area contributed by atoms with Crippen molar-refractivity contribution in [3.05, 3.63) is 158 Å². The molecule has 0 spiro atoms. The number of allylic oxidation sites excluding steroid dienone is 26. The highest BCUT2D eigenvalue weighted by Crippen LogP contribution is 2.38. The molecule has 0 aromatic carbocycles. The van der Waals surface area contributed by atoms with Crippen LogP contribution in [0.1, 0.15) is 226 Å². The largest absolute Gasteiger partial charge is 0.756 e. The lowest BCUT2D eigenvalue weighted by Gasteiger charge is -2.28. The molecule has 0 heterocycles. The first-order valence-electron chi connectivity index (χ1n) is 31.7. The number of esters is 2. The molecule has 0 aliphatic heterocycles. The Kier molecular flexibility index (Phi) is 57.0. The summed E-state index contributed by atoms with van der Waals surface area (Å²) in [7, 11) is 1.12. The predicted molar refractivity (Wildman–Crippen MR) is 346 cm³/mol. The maximum Gasteiger partial charge on any atom is 0.306 e. The van der Waals surface area contributed by atoms with Crippen molar-refractivity contribution in [1.82, 2.24) is 0 Å². The molecule has 0 radical (unpaired) electrons. The second-order valence-electron chi connectivity index (χ2n) is 21.7. The van der Waals surface area contributed by atoms with Crippen LogP contribution in [-0.2, 0) is 32.7 Å². The summed E-state index contributed by atoms with van der Waals surface area (Å²) in [5.41, 5.74) is 0. The van der Waals surface area contributed by atoms with E-state index in [0.29, 0.717) is 23.9 Å². The lowest BCUT2D eigenvalue weighted by Crippen LogP contribution is -2.37. The maximum atomic E-state index is 12.8. The van der Waals surface area contributed by atoms with Gasteiger partial charge in [0, 0.05) is 12.8 Å². The first kappa shape index (κ1) is 76.6. The number of unbranched alkanes of at least 4 members (excludes halogenated alkanes) is 16. The Labute approximate surface area is 496 Å². The van der Waals surface area contributed by atoms with Crippen LogP contribution < -0.4 is 4.89 Å². The van der Waals surface area contributed by atoms with Gasteiger partial charge in [-0.25, -0.2) is 0 Å². The van der Waals surface area contributed by atoms with Crippen molar-refractivity contribution in [3.63, 3.8) is 0 Å². The number of phosphoric ester groups is 1. The zero-order valence-corrected chi connectivity index (χ0v) is 52.8. The SMILES string of the molecule is CC/C=C\C/C=C\C/C=C\C/C=C\C/C=C\C/C=C\C/C=C\C/C=C\C/C=C\C/C=C\C/C=C\C/C=C\CCCCCCC(=O)OC(COC(=O)CCCCCCC/C=C\CCCCCCCCC)COP(=O)([O-])OCC[N+](C)(C)C. The second-order valence-corrected chi connectivity index (χ2v) is 23.1. The molecule has 0 saturated carbocycles. The Morgan fingerprint density at radius 3 is 1.06 bits per heavy atom. The van der Waals surface area contributed by atoms with Gasteiger partial charge in [-0.2, -0.15) is 0 Å². The zero-order valence-electron chi connectivity index (χ0n) is 51.9. The van der Waals surface area contributed by atoms with Gasteiger partial charge in [-0.1, -0.05) is 242 Å². The van der Waals surface area contributed by atoms with Crippen LogP contribution in [0.4, 0.5) is 0 Å². The zero-order chi connectivity index (χ0) is 59.1. The fourth-order valence-electron chi connectivity index (χ4n) is 7.92. The molecule has 2 unspecified atom stereocenters. The molecule has 0 N–H and O–H groups in total. The van der Waals surface area contributed by atoms with E-state index in [-0.39, 0.29) is 26.1 Å². The van der Waals surface area contributed by atoms with Crippen molar-refractivity contribution >= 4 is 19.8 Å². The second kappa shape index (κ2) is 60.2. The van der Waals surface area contributed by atoms with Crippen molar-refractivity contribution in [2.45, 2.75) is 232 Å². The number of carbonyl (C=O) groups is 2. The van der Waals surface area contributed by atoms with Crippen LogP contribution >= 0.6 is 7.82 Å². The number of rotatable bonds is 56. The molecule has 0 bridgehead atoms. The van der Waals surface area contributed by atoms with E-state index in [4.69, 9.17) is 18.5 Å². The molecule has 0 fully saturated rings. The third kappa shape index (κ3) is 64.7. The normalized spacial score (nSPS) is 14.3. The number of hydrogen-bond acceptors (Lipinski definition) is 8. The first-order valence-corrected chi connectivity index (χ1v) is 33.2. The Bertz CT molecular complexity index is 1920. The Morgan fingerprint density at radius 1 is 0.395 bits per heavy atom. The number of quaternary nitrogens is 1. The van der Waals surface area contributed by atoms with Gasteiger partial charge in [0.1, 0.15) is 19.8 Å². The van der Waals surface area contributed by atoms with E-state index in [9.17, 15) is 19.0 Å². The topological polar surface area (TPSA) is 111 Å². The van der Waals surface area contributed by atoms with Crippen molar-refractivity contribution in [2.75, 3.05) is 47.5 Å². The average Bonchev–Trinajstić information content (AvgIpc) is 3.43. The quantitative estimate of drug-likeness (QED) is 0.0195. The van der Waals surface area contributed by atoms with Crippen LogP contribution in [0.3, 0.4) is 0 Å². The van der Waals surface area contributed by atoms with Gasteiger partial charge in [0.05, 0.1) is 27.7 Å². The lowest BCUT2D eigenvalue weighted by atomic mass is 10.1. The predicted octanol–water partition coefficient (Wildman–Crippen LogP) is 19.8. The molecule has 2 atom stereocenters. The third-order valence-electron chi connectivity index (χ3n) is 12.8. The summed E-state index contributed by atoms with van der Waals surface area (Å²) < 4.78 is 34.1. The monoisotopic (exact) mass is 1140 g/mol. The summed E-state index contributed by atoms with van der Waals surface area (Å²) in [6.07, 6.45) is 90.2. The molecule has 458 valence electrons. The molecule has 0 rings (SSSR count). The molecule has 0 aromatic heterocycles.